The highest BCUT2D eigenvalue weighted by molar-refractivity contribution is 6.30. The van der Waals surface area contributed by atoms with Gasteiger partial charge in [-0.1, -0.05) is 18.5 Å². The van der Waals surface area contributed by atoms with Crippen LogP contribution in [0.25, 0.3) is 0 Å². The summed E-state index contributed by atoms with van der Waals surface area (Å²) >= 11 is 5.59. The molecule has 0 heterocycles. The summed E-state index contributed by atoms with van der Waals surface area (Å²) in [5, 5.41) is 11.6. The number of hydrogen-bond acceptors (Lipinski definition) is 2. The zero-order valence-corrected chi connectivity index (χ0v) is 10.3. The largest absolute Gasteiger partial charge is 0.334 e. The van der Waals surface area contributed by atoms with Crippen LogP contribution < -0.4 is 5.32 Å². The standard InChI is InChI=1S/C12H12ClFN2O/c1-3-12(2,7-15)16-11(17)9-5-4-8(13)6-10(9)14/h4-6H,3H2,1-2H3,(H,16,17)/t12-/m0/s1. The van der Waals surface area contributed by atoms with Crippen molar-refractivity contribution in [3.63, 3.8) is 0 Å². The van der Waals surface area contributed by atoms with Crippen LogP contribution in [0.2, 0.25) is 5.02 Å². The molecule has 0 aliphatic rings. The Kier molecular flexibility index (Phi) is 4.08. The fourth-order valence-corrected chi connectivity index (χ4v) is 1.35. The van der Waals surface area contributed by atoms with E-state index in [4.69, 9.17) is 16.9 Å². The van der Waals surface area contributed by atoms with E-state index >= 15 is 0 Å². The van der Waals surface area contributed by atoms with E-state index in [1.165, 1.54) is 12.1 Å². The van der Waals surface area contributed by atoms with E-state index < -0.39 is 17.3 Å². The first-order valence-electron chi connectivity index (χ1n) is 5.10. The summed E-state index contributed by atoms with van der Waals surface area (Å²) in [4.78, 5) is 11.8. The van der Waals surface area contributed by atoms with Crippen molar-refractivity contribution in [2.24, 2.45) is 0 Å². The molecule has 1 amide bonds. The molecule has 0 saturated heterocycles. The average molecular weight is 255 g/mol. The normalized spacial score (nSPS) is 13.6. The highest BCUT2D eigenvalue weighted by Gasteiger charge is 2.25. The fourth-order valence-electron chi connectivity index (χ4n) is 1.19. The zero-order chi connectivity index (χ0) is 13.1. The molecule has 1 atom stereocenters. The number of hydrogen-bond donors (Lipinski definition) is 1. The van der Waals surface area contributed by atoms with Gasteiger partial charge in [-0.3, -0.25) is 4.79 Å². The molecule has 0 fully saturated rings. The zero-order valence-electron chi connectivity index (χ0n) is 9.55. The van der Waals surface area contributed by atoms with Gasteiger partial charge in [-0.15, -0.1) is 0 Å². The summed E-state index contributed by atoms with van der Waals surface area (Å²) in [6, 6.07) is 5.76. The molecule has 0 saturated carbocycles. The molecule has 1 rings (SSSR count). The van der Waals surface area contributed by atoms with Gasteiger partial charge >= 0.3 is 0 Å². The van der Waals surface area contributed by atoms with Crippen LogP contribution in [0.1, 0.15) is 30.6 Å². The molecule has 1 aromatic carbocycles. The number of carbonyl (C=O) groups excluding carboxylic acids is 1. The van der Waals surface area contributed by atoms with Gasteiger partial charge in [0.15, 0.2) is 0 Å². The second kappa shape index (κ2) is 5.15. The van der Waals surface area contributed by atoms with Crippen molar-refractivity contribution in [1.29, 1.82) is 5.26 Å². The van der Waals surface area contributed by atoms with E-state index in [0.29, 0.717) is 6.42 Å². The molecule has 0 bridgehead atoms. The predicted molar refractivity (Wildman–Crippen MR) is 63.2 cm³/mol. The summed E-state index contributed by atoms with van der Waals surface area (Å²) in [5.74, 6) is -1.32. The third-order valence-electron chi connectivity index (χ3n) is 2.52. The van der Waals surface area contributed by atoms with Crippen molar-refractivity contribution >= 4 is 17.5 Å². The summed E-state index contributed by atoms with van der Waals surface area (Å²) < 4.78 is 13.5. The molecule has 0 unspecified atom stereocenters. The number of benzene rings is 1. The third kappa shape index (κ3) is 3.18. The molecule has 0 aliphatic carbocycles. The molecule has 0 spiro atoms. The lowest BCUT2D eigenvalue weighted by Crippen LogP contribution is -2.44. The number of amides is 1. The van der Waals surface area contributed by atoms with Gasteiger partial charge in [-0.25, -0.2) is 4.39 Å². The van der Waals surface area contributed by atoms with Gasteiger partial charge in [0.25, 0.3) is 5.91 Å². The monoisotopic (exact) mass is 254 g/mol. The van der Waals surface area contributed by atoms with Gasteiger partial charge in [0.1, 0.15) is 11.4 Å². The molecule has 1 aromatic rings. The van der Waals surface area contributed by atoms with Crippen LogP contribution in [-0.4, -0.2) is 11.4 Å². The first-order valence-corrected chi connectivity index (χ1v) is 5.48. The molecule has 17 heavy (non-hydrogen) atoms. The minimum Gasteiger partial charge on any atom is -0.334 e. The van der Waals surface area contributed by atoms with E-state index in [-0.39, 0.29) is 10.6 Å². The van der Waals surface area contributed by atoms with Crippen LogP contribution in [0.4, 0.5) is 4.39 Å². The quantitative estimate of drug-likeness (QED) is 0.902. The van der Waals surface area contributed by atoms with E-state index in [1.807, 2.05) is 6.07 Å². The van der Waals surface area contributed by atoms with Crippen molar-refractivity contribution in [3.05, 3.63) is 34.6 Å². The van der Waals surface area contributed by atoms with Crippen molar-refractivity contribution in [2.75, 3.05) is 0 Å². The van der Waals surface area contributed by atoms with Crippen LogP contribution in [0.15, 0.2) is 18.2 Å². The van der Waals surface area contributed by atoms with Crippen LogP contribution in [-0.2, 0) is 0 Å². The molecule has 0 aliphatic heterocycles. The Hall–Kier alpha value is -1.60. The van der Waals surface area contributed by atoms with Crippen LogP contribution >= 0.6 is 11.6 Å². The van der Waals surface area contributed by atoms with Crippen molar-refractivity contribution in [2.45, 2.75) is 25.8 Å². The van der Waals surface area contributed by atoms with E-state index in [2.05, 4.69) is 5.32 Å². The number of nitrogens with zero attached hydrogens (tertiary/aromatic N) is 1. The van der Waals surface area contributed by atoms with E-state index in [0.717, 1.165) is 6.07 Å². The highest BCUT2D eigenvalue weighted by atomic mass is 35.5. The minimum absolute atomic E-state index is 0.121. The Morgan fingerprint density at radius 3 is 2.76 bits per heavy atom. The number of carbonyl (C=O) groups is 1. The highest BCUT2D eigenvalue weighted by Crippen LogP contribution is 2.16. The number of nitriles is 1. The molecular formula is C12H12ClFN2O. The lowest BCUT2D eigenvalue weighted by molar-refractivity contribution is 0.0919. The molecule has 5 heteroatoms. The van der Waals surface area contributed by atoms with Gasteiger partial charge in [0, 0.05) is 5.02 Å². The van der Waals surface area contributed by atoms with E-state index in [9.17, 15) is 9.18 Å². The SMILES string of the molecule is CC[C@@](C)(C#N)NC(=O)c1ccc(Cl)cc1F. The first-order chi connectivity index (χ1) is 7.91. The maximum absolute atomic E-state index is 13.5. The smallest absolute Gasteiger partial charge is 0.255 e. The maximum atomic E-state index is 13.5. The topological polar surface area (TPSA) is 52.9 Å². The summed E-state index contributed by atoms with van der Waals surface area (Å²) in [6.07, 6.45) is 0.435. The predicted octanol–water partition coefficient (Wildman–Crippen LogP) is 2.90. The number of rotatable bonds is 3. The number of nitrogens with one attached hydrogen (secondary N) is 1. The molecule has 3 nitrogen and oxygen atoms in total. The van der Waals surface area contributed by atoms with Crippen LogP contribution in [0, 0.1) is 17.1 Å². The molecule has 1 N–H and O–H groups in total. The Bertz CT molecular complexity index is 484. The Labute approximate surface area is 104 Å². The fraction of sp³-hybridized carbons (Fsp3) is 0.333. The van der Waals surface area contributed by atoms with Crippen LogP contribution in [0.5, 0.6) is 0 Å². The van der Waals surface area contributed by atoms with Gasteiger partial charge in [-0.05, 0) is 31.5 Å². The summed E-state index contributed by atoms with van der Waals surface area (Å²) in [5.41, 5.74) is -1.12. The molecule has 0 radical (unpaired) electrons. The first kappa shape index (κ1) is 13.5. The molecule has 90 valence electrons. The second-order valence-electron chi connectivity index (χ2n) is 3.88. The lowest BCUT2D eigenvalue weighted by Gasteiger charge is -2.21. The Morgan fingerprint density at radius 1 is 1.65 bits per heavy atom. The second-order valence-corrected chi connectivity index (χ2v) is 4.31. The Balaban J connectivity index is 2.95. The summed E-state index contributed by atoms with van der Waals surface area (Å²) in [7, 11) is 0. The maximum Gasteiger partial charge on any atom is 0.255 e. The van der Waals surface area contributed by atoms with Gasteiger partial charge in [-0.2, -0.15) is 5.26 Å². The van der Waals surface area contributed by atoms with Crippen molar-refractivity contribution in [3.8, 4) is 6.07 Å². The van der Waals surface area contributed by atoms with Crippen molar-refractivity contribution < 1.29 is 9.18 Å². The average Bonchev–Trinajstić information content (AvgIpc) is 2.28. The van der Waals surface area contributed by atoms with Gasteiger partial charge in [0.05, 0.1) is 11.6 Å². The third-order valence-corrected chi connectivity index (χ3v) is 2.75. The number of halogens is 2. The minimum atomic E-state index is -0.997. The lowest BCUT2D eigenvalue weighted by atomic mass is 10.0. The Morgan fingerprint density at radius 2 is 2.29 bits per heavy atom. The van der Waals surface area contributed by atoms with Gasteiger partial charge in [0.2, 0.25) is 0 Å². The van der Waals surface area contributed by atoms with E-state index in [1.54, 1.807) is 13.8 Å². The van der Waals surface area contributed by atoms with Gasteiger partial charge < -0.3 is 5.32 Å². The summed E-state index contributed by atoms with van der Waals surface area (Å²) in [6.45, 7) is 3.35. The molecular weight excluding hydrogens is 243 g/mol. The van der Waals surface area contributed by atoms with Crippen molar-refractivity contribution in [1.82, 2.24) is 5.32 Å². The van der Waals surface area contributed by atoms with Crippen LogP contribution in [0.3, 0.4) is 0 Å². The molecule has 0 aromatic heterocycles.